The molecular weight excluding hydrogens is 514 g/mol. The van der Waals surface area contributed by atoms with Crippen LogP contribution in [0.2, 0.25) is 0 Å². The number of benzene rings is 1. The first-order valence-corrected chi connectivity index (χ1v) is 13.6. The van der Waals surface area contributed by atoms with Crippen molar-refractivity contribution in [1.82, 2.24) is 25.9 Å². The molecule has 0 aliphatic carbocycles. The number of hydrogen-bond acceptors (Lipinski definition) is 8. The summed E-state index contributed by atoms with van der Waals surface area (Å²) in [6.07, 6.45) is 8.95. The molecule has 0 radical (unpaired) electrons. The lowest BCUT2D eigenvalue weighted by atomic mass is 9.68. The number of fused-ring (bicyclic) bond motifs is 1. The molecule has 4 N–H and O–H groups in total. The van der Waals surface area contributed by atoms with Crippen LogP contribution in [-0.4, -0.2) is 58.7 Å². The smallest absolute Gasteiger partial charge is 0.318 e. The van der Waals surface area contributed by atoms with Gasteiger partial charge >= 0.3 is 12.0 Å². The van der Waals surface area contributed by atoms with Gasteiger partial charge in [0, 0.05) is 54.7 Å². The Morgan fingerprint density at radius 1 is 1.33 bits per heavy atom. The number of rotatable bonds is 5. The van der Waals surface area contributed by atoms with Crippen LogP contribution in [0.5, 0.6) is 0 Å². The summed E-state index contributed by atoms with van der Waals surface area (Å²) >= 11 is 1.49. The van der Waals surface area contributed by atoms with Crippen LogP contribution in [0.3, 0.4) is 0 Å². The van der Waals surface area contributed by atoms with Gasteiger partial charge in [-0.1, -0.05) is 11.8 Å². The van der Waals surface area contributed by atoms with Gasteiger partial charge in [-0.2, -0.15) is 0 Å². The van der Waals surface area contributed by atoms with Crippen LogP contribution in [-0.2, 0) is 4.79 Å². The Hall–Kier alpha value is -4.27. The van der Waals surface area contributed by atoms with Crippen LogP contribution in [0.25, 0.3) is 10.2 Å². The van der Waals surface area contributed by atoms with Gasteiger partial charge in [-0.3, -0.25) is 15.1 Å². The van der Waals surface area contributed by atoms with E-state index in [2.05, 4.69) is 37.8 Å². The van der Waals surface area contributed by atoms with E-state index in [1.165, 1.54) is 11.3 Å². The van der Waals surface area contributed by atoms with Crippen LogP contribution >= 0.6 is 11.3 Å². The number of nitrogens with one attached hydrogen (secondary N) is 3. The first-order valence-electron chi connectivity index (χ1n) is 12.7. The number of aliphatic imine (C=N–C) groups is 1. The largest absolute Gasteiger partial charge is 0.481 e. The van der Waals surface area contributed by atoms with Crippen molar-refractivity contribution in [2.75, 3.05) is 24.5 Å². The molecule has 2 aliphatic heterocycles. The molecular formula is C28H29N7O3S. The van der Waals surface area contributed by atoms with Gasteiger partial charge in [-0.25, -0.2) is 14.8 Å². The lowest BCUT2D eigenvalue weighted by Crippen LogP contribution is -2.71. The van der Waals surface area contributed by atoms with E-state index in [1.54, 1.807) is 37.1 Å². The third-order valence-corrected chi connectivity index (χ3v) is 8.08. The van der Waals surface area contributed by atoms with E-state index in [1.807, 2.05) is 42.3 Å². The molecule has 5 rings (SSSR count). The Labute approximate surface area is 230 Å². The number of carboxylic acid groups (broad SMARTS) is 1. The minimum Gasteiger partial charge on any atom is -0.481 e. The van der Waals surface area contributed by atoms with Crippen molar-refractivity contribution in [2.24, 2.45) is 16.3 Å². The second-order valence-electron chi connectivity index (χ2n) is 9.62. The van der Waals surface area contributed by atoms with Crippen LogP contribution in [0.15, 0.2) is 59.4 Å². The van der Waals surface area contributed by atoms with Crippen molar-refractivity contribution >= 4 is 45.5 Å². The van der Waals surface area contributed by atoms with Gasteiger partial charge in [0.25, 0.3) is 0 Å². The molecule has 0 spiro atoms. The summed E-state index contributed by atoms with van der Waals surface area (Å²) < 4.78 is 0.927. The highest BCUT2D eigenvalue weighted by Crippen LogP contribution is 2.45. The van der Waals surface area contributed by atoms with E-state index in [4.69, 9.17) is 4.99 Å². The molecule has 1 fully saturated rings. The zero-order valence-electron chi connectivity index (χ0n) is 21.6. The van der Waals surface area contributed by atoms with Crippen LogP contribution in [0.1, 0.15) is 31.4 Å². The Morgan fingerprint density at radius 2 is 2.21 bits per heavy atom. The van der Waals surface area contributed by atoms with Crippen molar-refractivity contribution < 1.29 is 14.7 Å². The number of allylic oxidation sites excluding steroid dienone is 1. The molecule has 1 saturated heterocycles. The summed E-state index contributed by atoms with van der Waals surface area (Å²) in [5.74, 6) is 3.42. The predicted molar refractivity (Wildman–Crippen MR) is 152 cm³/mol. The summed E-state index contributed by atoms with van der Waals surface area (Å²) in [6, 6.07) is 7.12. The number of carboxylic acids is 1. The normalized spacial score (nSPS) is 24.2. The van der Waals surface area contributed by atoms with E-state index >= 15 is 0 Å². The average molecular weight is 544 g/mol. The SMILES string of the molecule is CCNC(=O)NC1(C2CNCCC2(C)C(=O)O)N=CC=CN1c1cc(C#Cc2cccnc2)c2scnc2c1. The molecule has 3 atom stereocenters. The Morgan fingerprint density at radius 3 is 2.97 bits per heavy atom. The lowest BCUT2D eigenvalue weighted by Gasteiger charge is -2.52. The number of hydrogen-bond donors (Lipinski definition) is 4. The lowest BCUT2D eigenvalue weighted by molar-refractivity contribution is -0.155. The number of thiazole rings is 1. The van der Waals surface area contributed by atoms with Crippen LogP contribution in [0.4, 0.5) is 10.5 Å². The standard InChI is InChI=1S/C28H29N7O3S/c1-3-31-26(38)34-28(23-17-30-12-9-27(23,2)25(36)37)33-11-5-13-35(28)21-14-20(24-22(15-21)32-18-39-24)8-7-19-6-4-10-29-16-19/h4-6,10-11,13-16,18,23,30H,3,9,12,17H2,1-2H3,(H,36,37)(H2,31,34,38). The molecule has 3 unspecified atom stereocenters. The average Bonchev–Trinajstić information content (AvgIpc) is 3.42. The van der Waals surface area contributed by atoms with Gasteiger partial charge in [-0.05, 0) is 57.2 Å². The van der Waals surface area contributed by atoms with Crippen molar-refractivity contribution in [3.63, 3.8) is 0 Å². The highest BCUT2D eigenvalue weighted by Gasteiger charge is 2.57. The van der Waals surface area contributed by atoms with Gasteiger partial charge in [0.2, 0.25) is 5.79 Å². The number of aliphatic carboxylic acids is 1. The molecule has 10 nitrogen and oxygen atoms in total. The number of amides is 2. The van der Waals surface area contributed by atoms with Crippen molar-refractivity contribution in [3.8, 4) is 11.8 Å². The van der Waals surface area contributed by atoms with Gasteiger partial charge < -0.3 is 20.6 Å². The molecule has 200 valence electrons. The molecule has 2 amide bonds. The third-order valence-electron chi connectivity index (χ3n) is 7.21. The van der Waals surface area contributed by atoms with Crippen molar-refractivity contribution in [3.05, 3.63) is 65.6 Å². The second kappa shape index (κ2) is 10.8. The van der Waals surface area contributed by atoms with Crippen LogP contribution < -0.4 is 20.9 Å². The quantitative estimate of drug-likeness (QED) is 0.364. The fourth-order valence-corrected chi connectivity index (χ4v) is 5.89. The molecule has 11 heteroatoms. The summed E-state index contributed by atoms with van der Waals surface area (Å²) in [7, 11) is 0. The summed E-state index contributed by atoms with van der Waals surface area (Å²) in [5.41, 5.74) is 3.55. The van der Waals surface area contributed by atoms with E-state index in [-0.39, 0.29) is 0 Å². The van der Waals surface area contributed by atoms with Gasteiger partial charge in [-0.15, -0.1) is 11.3 Å². The number of carbonyl (C=O) groups is 2. The Balaban J connectivity index is 1.67. The zero-order chi connectivity index (χ0) is 27.5. The maximum atomic E-state index is 13.1. The molecule has 2 aromatic heterocycles. The summed E-state index contributed by atoms with van der Waals surface area (Å²) in [4.78, 5) is 41.0. The Kier molecular flexibility index (Phi) is 7.32. The van der Waals surface area contributed by atoms with Gasteiger partial charge in [0.1, 0.15) is 0 Å². The highest BCUT2D eigenvalue weighted by molar-refractivity contribution is 7.17. The topological polar surface area (TPSA) is 132 Å². The molecule has 3 aromatic rings. The van der Waals surface area contributed by atoms with Crippen molar-refractivity contribution in [1.29, 1.82) is 0 Å². The van der Waals surface area contributed by atoms with Crippen molar-refractivity contribution in [2.45, 2.75) is 26.1 Å². The minimum absolute atomic E-state index is 0.337. The molecule has 39 heavy (non-hydrogen) atoms. The molecule has 0 saturated carbocycles. The predicted octanol–water partition coefficient (Wildman–Crippen LogP) is 3.17. The number of urea groups is 1. The van der Waals surface area contributed by atoms with Gasteiger partial charge in [0.15, 0.2) is 0 Å². The Bertz CT molecular complexity index is 1510. The number of aromatic nitrogens is 2. The number of pyridine rings is 1. The van der Waals surface area contributed by atoms with E-state index in [0.717, 1.165) is 21.3 Å². The fraction of sp³-hybridized carbons (Fsp3) is 0.321. The molecule has 2 aliphatic rings. The van der Waals surface area contributed by atoms with E-state index in [0.29, 0.717) is 31.7 Å². The minimum atomic E-state index is -1.44. The summed E-state index contributed by atoms with van der Waals surface area (Å²) in [6.45, 7) is 4.83. The molecule has 4 heterocycles. The maximum Gasteiger partial charge on any atom is 0.318 e. The van der Waals surface area contributed by atoms with E-state index < -0.39 is 29.1 Å². The fourth-order valence-electron chi connectivity index (χ4n) is 5.15. The number of anilines is 1. The second-order valence-corrected chi connectivity index (χ2v) is 10.5. The first kappa shape index (κ1) is 26.3. The van der Waals surface area contributed by atoms with Gasteiger partial charge in [0.05, 0.1) is 27.1 Å². The van der Waals surface area contributed by atoms with Crippen LogP contribution in [0, 0.1) is 23.2 Å². The van der Waals surface area contributed by atoms with E-state index in [9.17, 15) is 14.7 Å². The number of nitrogens with zero attached hydrogens (tertiary/aromatic N) is 4. The molecule has 1 aromatic carbocycles. The number of piperidine rings is 1. The highest BCUT2D eigenvalue weighted by atomic mass is 32.1. The third kappa shape index (κ3) is 4.96. The monoisotopic (exact) mass is 543 g/mol. The first-order chi connectivity index (χ1) is 18.9. The molecule has 0 bridgehead atoms. The maximum absolute atomic E-state index is 13.1. The summed E-state index contributed by atoms with van der Waals surface area (Å²) in [5, 5.41) is 19.5. The zero-order valence-corrected chi connectivity index (χ0v) is 22.5. The number of carbonyl (C=O) groups excluding carboxylic acids is 1.